The van der Waals surface area contributed by atoms with Gasteiger partial charge in [-0.3, -0.25) is 4.79 Å². The number of nitrogens with one attached hydrogen (secondary N) is 2. The minimum absolute atomic E-state index is 0.359. The summed E-state index contributed by atoms with van der Waals surface area (Å²) < 4.78 is 0. The van der Waals surface area contributed by atoms with Crippen molar-refractivity contribution < 1.29 is 19.5 Å². The highest BCUT2D eigenvalue weighted by Gasteiger charge is 2.27. The molecular weight excluding hydrogens is 390 g/mol. The van der Waals surface area contributed by atoms with Crippen LogP contribution in [0.2, 0.25) is 0 Å². The number of nitrogens with zero attached hydrogens (tertiary/aromatic N) is 1. The smallest absolute Gasteiger partial charge is 0.319 e. The van der Waals surface area contributed by atoms with Crippen molar-refractivity contribution in [2.75, 3.05) is 28.8 Å². The third-order valence-electron chi connectivity index (χ3n) is 4.11. The molecule has 0 aliphatic rings. The topological polar surface area (TPSA) is 102 Å². The van der Waals surface area contributed by atoms with Crippen LogP contribution in [0.1, 0.15) is 12.0 Å². The van der Waals surface area contributed by atoms with Crippen molar-refractivity contribution >= 4 is 41.0 Å². The van der Waals surface area contributed by atoms with E-state index in [0.717, 1.165) is 10.5 Å². The maximum atomic E-state index is 13.1. The molecule has 2 aromatic rings. The van der Waals surface area contributed by atoms with E-state index in [1.165, 1.54) is 11.8 Å². The quantitative estimate of drug-likeness (QED) is 0.654. The van der Waals surface area contributed by atoms with E-state index in [2.05, 4.69) is 10.6 Å². The minimum Gasteiger partial charge on any atom is -0.548 e. The zero-order valence-corrected chi connectivity index (χ0v) is 17.2. The number of hydrogen-bond acceptors (Lipinski definition) is 5. The van der Waals surface area contributed by atoms with Crippen molar-refractivity contribution in [2.24, 2.45) is 0 Å². The number of aryl methyl sites for hydroxylation is 1. The number of aliphatic carboxylic acids is 1. The summed E-state index contributed by atoms with van der Waals surface area (Å²) in [6, 6.07) is 14.3. The summed E-state index contributed by atoms with van der Waals surface area (Å²) in [6.45, 7) is 1.31. The number of benzene rings is 2. The molecule has 0 bridgehead atoms. The predicted molar refractivity (Wildman–Crippen MR) is 114 cm³/mol. The van der Waals surface area contributed by atoms with Gasteiger partial charge in [-0.2, -0.15) is 11.8 Å². The molecule has 29 heavy (non-hydrogen) atoms. The van der Waals surface area contributed by atoms with Gasteiger partial charge in [-0.1, -0.05) is 30.3 Å². The Kier molecular flexibility index (Phi) is 8.54. The Morgan fingerprint density at radius 3 is 2.45 bits per heavy atom. The number of thioether (sulfide) groups is 1. The van der Waals surface area contributed by atoms with E-state index in [-0.39, 0.29) is 0 Å². The summed E-state index contributed by atoms with van der Waals surface area (Å²) in [7, 11) is 0. The standard InChI is InChI=1S/C21H25N3O4S/c1-15-7-6-8-16(13-15)22-21(28)23-18(11-12-29-2)20(27)24(14-19(25)26)17-9-4-3-5-10-17/h3-10,13,18H,11-12,14H2,1-2H3,(H,25,26)(H2,22,23,28)/p-1. The maximum absolute atomic E-state index is 13.1. The molecule has 0 spiro atoms. The van der Waals surface area contributed by atoms with Gasteiger partial charge in [-0.15, -0.1) is 0 Å². The fourth-order valence-electron chi connectivity index (χ4n) is 2.76. The highest BCUT2D eigenvalue weighted by Crippen LogP contribution is 2.16. The summed E-state index contributed by atoms with van der Waals surface area (Å²) in [5, 5.41) is 16.6. The molecule has 0 aliphatic heterocycles. The Morgan fingerprint density at radius 1 is 1.10 bits per heavy atom. The number of para-hydroxylation sites is 1. The average molecular weight is 415 g/mol. The summed E-state index contributed by atoms with van der Waals surface area (Å²) in [5.74, 6) is -1.27. The van der Waals surface area contributed by atoms with Gasteiger partial charge < -0.3 is 25.4 Å². The summed E-state index contributed by atoms with van der Waals surface area (Å²) in [5.41, 5.74) is 2.02. The predicted octanol–water partition coefficient (Wildman–Crippen LogP) is 2.02. The van der Waals surface area contributed by atoms with Crippen molar-refractivity contribution in [3.8, 4) is 0 Å². The van der Waals surface area contributed by atoms with Crippen LogP contribution in [0, 0.1) is 6.92 Å². The lowest BCUT2D eigenvalue weighted by Gasteiger charge is -2.28. The summed E-state index contributed by atoms with van der Waals surface area (Å²) in [4.78, 5) is 37.9. The van der Waals surface area contributed by atoms with Gasteiger partial charge in [0, 0.05) is 11.4 Å². The zero-order chi connectivity index (χ0) is 21.2. The molecule has 8 heteroatoms. The fraction of sp³-hybridized carbons (Fsp3) is 0.286. The van der Waals surface area contributed by atoms with Gasteiger partial charge >= 0.3 is 6.03 Å². The minimum atomic E-state index is -1.38. The number of rotatable bonds is 9. The molecule has 3 amide bonds. The normalized spacial score (nSPS) is 11.4. The number of urea groups is 1. The SMILES string of the molecule is CSCCC(NC(=O)Nc1cccc(C)c1)C(=O)N(CC(=O)[O-])c1ccccc1. The van der Waals surface area contributed by atoms with Gasteiger partial charge in [0.15, 0.2) is 0 Å². The van der Waals surface area contributed by atoms with E-state index in [9.17, 15) is 19.5 Å². The van der Waals surface area contributed by atoms with Crippen LogP contribution in [0.5, 0.6) is 0 Å². The first kappa shape index (κ1) is 22.3. The van der Waals surface area contributed by atoms with Crippen LogP contribution < -0.4 is 20.6 Å². The zero-order valence-electron chi connectivity index (χ0n) is 16.4. The van der Waals surface area contributed by atoms with E-state index in [1.807, 2.05) is 31.4 Å². The molecule has 1 atom stereocenters. The van der Waals surface area contributed by atoms with E-state index < -0.39 is 30.5 Å². The highest BCUT2D eigenvalue weighted by atomic mass is 32.2. The Morgan fingerprint density at radius 2 is 1.83 bits per heavy atom. The van der Waals surface area contributed by atoms with Gasteiger partial charge in [0.05, 0.1) is 12.5 Å². The first-order valence-electron chi connectivity index (χ1n) is 9.10. The molecule has 1 unspecified atom stereocenters. The van der Waals surface area contributed by atoms with Gasteiger partial charge in [0.2, 0.25) is 5.91 Å². The molecule has 0 fully saturated rings. The van der Waals surface area contributed by atoms with E-state index >= 15 is 0 Å². The van der Waals surface area contributed by atoms with Crippen molar-refractivity contribution in [3.63, 3.8) is 0 Å². The molecule has 0 radical (unpaired) electrons. The maximum Gasteiger partial charge on any atom is 0.319 e. The monoisotopic (exact) mass is 414 g/mol. The number of carboxylic acid groups (broad SMARTS) is 1. The molecule has 0 saturated heterocycles. The van der Waals surface area contributed by atoms with Crippen molar-refractivity contribution in [1.29, 1.82) is 0 Å². The first-order valence-corrected chi connectivity index (χ1v) is 10.5. The highest BCUT2D eigenvalue weighted by molar-refractivity contribution is 7.98. The van der Waals surface area contributed by atoms with Crippen molar-refractivity contribution in [1.82, 2.24) is 5.32 Å². The van der Waals surface area contributed by atoms with E-state index in [0.29, 0.717) is 23.5 Å². The van der Waals surface area contributed by atoms with Crippen LogP contribution in [-0.4, -0.2) is 42.5 Å². The van der Waals surface area contributed by atoms with Gasteiger partial charge in [-0.25, -0.2) is 4.79 Å². The van der Waals surface area contributed by atoms with Crippen molar-refractivity contribution in [3.05, 3.63) is 60.2 Å². The molecule has 0 aromatic heterocycles. The third-order valence-corrected chi connectivity index (χ3v) is 4.76. The Bertz CT molecular complexity index is 845. The fourth-order valence-corrected chi connectivity index (χ4v) is 3.23. The number of carboxylic acids is 1. The van der Waals surface area contributed by atoms with Gasteiger partial charge in [-0.05, 0) is 55.2 Å². The lowest BCUT2D eigenvalue weighted by molar-refractivity contribution is -0.303. The Labute approximate surface area is 174 Å². The van der Waals surface area contributed by atoms with Crippen LogP contribution in [0.3, 0.4) is 0 Å². The molecule has 2 aromatic carbocycles. The largest absolute Gasteiger partial charge is 0.548 e. The molecular formula is C21H24N3O4S-. The molecule has 2 rings (SSSR count). The molecule has 2 N–H and O–H groups in total. The number of carbonyl (C=O) groups excluding carboxylic acids is 3. The number of anilines is 2. The second-order valence-electron chi connectivity index (χ2n) is 6.43. The number of carbonyl (C=O) groups is 3. The van der Waals surface area contributed by atoms with E-state index in [4.69, 9.17) is 0 Å². The first-order chi connectivity index (χ1) is 13.9. The van der Waals surface area contributed by atoms with Crippen LogP contribution in [-0.2, 0) is 9.59 Å². The lowest BCUT2D eigenvalue weighted by atomic mass is 10.1. The van der Waals surface area contributed by atoms with Crippen molar-refractivity contribution in [2.45, 2.75) is 19.4 Å². The molecule has 154 valence electrons. The molecule has 0 saturated carbocycles. The lowest BCUT2D eigenvalue weighted by Crippen LogP contribution is -2.52. The Hall–Kier alpha value is -3.00. The van der Waals surface area contributed by atoms with Gasteiger partial charge in [0.25, 0.3) is 0 Å². The number of hydrogen-bond donors (Lipinski definition) is 2. The average Bonchev–Trinajstić information content (AvgIpc) is 2.69. The van der Waals surface area contributed by atoms with Crippen LogP contribution in [0.25, 0.3) is 0 Å². The third kappa shape index (κ3) is 7.15. The van der Waals surface area contributed by atoms with Gasteiger partial charge in [0.1, 0.15) is 6.04 Å². The molecule has 0 heterocycles. The second-order valence-corrected chi connectivity index (χ2v) is 7.42. The van der Waals surface area contributed by atoms with Crippen LogP contribution in [0.15, 0.2) is 54.6 Å². The molecule has 7 nitrogen and oxygen atoms in total. The second kappa shape index (κ2) is 11.1. The summed E-state index contributed by atoms with van der Waals surface area (Å²) in [6.07, 6.45) is 2.25. The number of amides is 3. The Balaban J connectivity index is 2.18. The molecule has 0 aliphatic carbocycles. The summed E-state index contributed by atoms with van der Waals surface area (Å²) >= 11 is 1.53. The van der Waals surface area contributed by atoms with Crippen LogP contribution in [0.4, 0.5) is 16.2 Å². The van der Waals surface area contributed by atoms with Crippen LogP contribution >= 0.6 is 11.8 Å². The van der Waals surface area contributed by atoms with E-state index in [1.54, 1.807) is 36.4 Å².